The lowest BCUT2D eigenvalue weighted by Gasteiger charge is -2.16. The van der Waals surface area contributed by atoms with Crippen LogP contribution in [0.2, 0.25) is 0 Å². The van der Waals surface area contributed by atoms with Crippen molar-refractivity contribution in [3.8, 4) is 0 Å². The predicted octanol–water partition coefficient (Wildman–Crippen LogP) is 4.74. The molecule has 1 aliphatic rings. The zero-order valence-electron chi connectivity index (χ0n) is 13.1. The third-order valence-electron chi connectivity index (χ3n) is 4.38. The largest absolute Gasteiger partial charge is 0.298 e. The van der Waals surface area contributed by atoms with E-state index in [-0.39, 0.29) is 5.91 Å². The van der Waals surface area contributed by atoms with Gasteiger partial charge in [0.05, 0.1) is 10.2 Å². The Balaban J connectivity index is 1.58. The Morgan fingerprint density at radius 2 is 1.91 bits per heavy atom. The van der Waals surface area contributed by atoms with Gasteiger partial charge < -0.3 is 0 Å². The van der Waals surface area contributed by atoms with Crippen molar-refractivity contribution in [2.75, 3.05) is 5.32 Å². The fourth-order valence-corrected chi connectivity index (χ4v) is 4.09. The molecule has 23 heavy (non-hydrogen) atoms. The lowest BCUT2D eigenvalue weighted by Crippen LogP contribution is -2.13. The number of nitrogens with one attached hydrogen (secondary N) is 1. The van der Waals surface area contributed by atoms with Gasteiger partial charge in [-0.05, 0) is 73.6 Å². The maximum Gasteiger partial charge on any atom is 0.257 e. The lowest BCUT2D eigenvalue weighted by atomic mass is 9.90. The monoisotopic (exact) mass is 322 g/mol. The van der Waals surface area contributed by atoms with Crippen molar-refractivity contribution in [1.82, 2.24) is 4.98 Å². The van der Waals surface area contributed by atoms with Crippen molar-refractivity contribution in [2.24, 2.45) is 0 Å². The van der Waals surface area contributed by atoms with Crippen molar-refractivity contribution in [3.63, 3.8) is 0 Å². The summed E-state index contributed by atoms with van der Waals surface area (Å²) in [5.41, 5.74) is 5.57. The van der Waals surface area contributed by atoms with Gasteiger partial charge in [-0.3, -0.25) is 10.1 Å². The molecule has 1 N–H and O–H groups in total. The second-order valence-corrected chi connectivity index (χ2v) is 7.17. The average Bonchev–Trinajstić information content (AvgIpc) is 2.95. The summed E-state index contributed by atoms with van der Waals surface area (Å²) in [6, 6.07) is 12.2. The molecule has 4 rings (SSSR count). The van der Waals surface area contributed by atoms with E-state index >= 15 is 0 Å². The van der Waals surface area contributed by atoms with Crippen LogP contribution in [0.15, 0.2) is 36.4 Å². The van der Waals surface area contributed by atoms with Gasteiger partial charge in [0.25, 0.3) is 5.91 Å². The van der Waals surface area contributed by atoms with E-state index in [2.05, 4.69) is 29.4 Å². The smallest absolute Gasteiger partial charge is 0.257 e. The number of carbonyl (C=O) groups is 1. The molecule has 4 heteroatoms. The number of amides is 1. The van der Waals surface area contributed by atoms with E-state index in [9.17, 15) is 4.79 Å². The summed E-state index contributed by atoms with van der Waals surface area (Å²) in [4.78, 5) is 17.0. The first-order valence-corrected chi connectivity index (χ1v) is 8.81. The fourth-order valence-electron chi connectivity index (χ4n) is 3.13. The number of aromatic nitrogens is 1. The molecule has 0 spiro atoms. The van der Waals surface area contributed by atoms with Gasteiger partial charge in [0.1, 0.15) is 0 Å². The molecule has 1 aliphatic carbocycles. The number of thiazole rings is 1. The molecule has 1 heterocycles. The minimum Gasteiger partial charge on any atom is -0.298 e. The first kappa shape index (κ1) is 14.4. The maximum absolute atomic E-state index is 12.5. The van der Waals surface area contributed by atoms with Gasteiger partial charge in [-0.2, -0.15) is 0 Å². The van der Waals surface area contributed by atoms with Crippen molar-refractivity contribution in [2.45, 2.75) is 32.6 Å². The molecule has 0 fully saturated rings. The van der Waals surface area contributed by atoms with E-state index in [0.717, 1.165) is 28.6 Å². The number of hydrogen-bond acceptors (Lipinski definition) is 3. The van der Waals surface area contributed by atoms with Gasteiger partial charge in [0, 0.05) is 5.56 Å². The van der Waals surface area contributed by atoms with E-state index in [1.54, 1.807) is 0 Å². The van der Waals surface area contributed by atoms with Crippen molar-refractivity contribution in [1.29, 1.82) is 0 Å². The molecular weight excluding hydrogens is 304 g/mol. The highest BCUT2D eigenvalue weighted by Crippen LogP contribution is 2.27. The molecule has 0 atom stereocenters. The predicted molar refractivity (Wildman–Crippen MR) is 95.4 cm³/mol. The third-order valence-corrected chi connectivity index (χ3v) is 5.31. The van der Waals surface area contributed by atoms with Gasteiger partial charge in [0.15, 0.2) is 5.13 Å². The average molecular weight is 322 g/mol. The Kier molecular flexibility index (Phi) is 3.62. The maximum atomic E-state index is 12.5. The van der Waals surface area contributed by atoms with E-state index in [0.29, 0.717) is 5.13 Å². The van der Waals surface area contributed by atoms with Gasteiger partial charge in [-0.1, -0.05) is 23.5 Å². The van der Waals surface area contributed by atoms with E-state index in [1.807, 2.05) is 24.3 Å². The zero-order chi connectivity index (χ0) is 15.8. The highest BCUT2D eigenvalue weighted by molar-refractivity contribution is 7.22. The second-order valence-electron chi connectivity index (χ2n) is 6.13. The van der Waals surface area contributed by atoms with E-state index < -0.39 is 0 Å². The molecule has 116 valence electrons. The standard InChI is InChI=1S/C19H18N2OS/c1-12-6-9-16-17(10-12)23-19(20-16)21-18(22)15-8-7-13-4-2-3-5-14(13)11-15/h6-11H,2-5H2,1H3,(H,20,21,22). The fraction of sp³-hybridized carbons (Fsp3) is 0.263. The Morgan fingerprint density at radius 3 is 2.78 bits per heavy atom. The summed E-state index contributed by atoms with van der Waals surface area (Å²) in [5, 5.41) is 3.60. The summed E-state index contributed by atoms with van der Waals surface area (Å²) in [5.74, 6) is -0.0749. The molecular formula is C19H18N2OS. The number of rotatable bonds is 2. The molecule has 3 nitrogen and oxygen atoms in total. The Labute approximate surface area is 139 Å². The van der Waals surface area contributed by atoms with Crippen molar-refractivity contribution in [3.05, 3.63) is 58.7 Å². The molecule has 1 aromatic heterocycles. The number of nitrogens with zero attached hydrogens (tertiary/aromatic N) is 1. The Hall–Kier alpha value is -2.20. The van der Waals surface area contributed by atoms with Crippen LogP contribution in [0.3, 0.4) is 0 Å². The second kappa shape index (κ2) is 5.78. The van der Waals surface area contributed by atoms with Gasteiger partial charge in [0.2, 0.25) is 0 Å². The molecule has 1 amide bonds. The van der Waals surface area contributed by atoms with Crippen LogP contribution < -0.4 is 5.32 Å². The van der Waals surface area contributed by atoms with Crippen LogP contribution in [0.4, 0.5) is 5.13 Å². The van der Waals surface area contributed by atoms with Crippen LogP contribution >= 0.6 is 11.3 Å². The minimum atomic E-state index is -0.0749. The first-order chi connectivity index (χ1) is 11.2. The van der Waals surface area contributed by atoms with E-state index in [4.69, 9.17) is 0 Å². The lowest BCUT2D eigenvalue weighted by molar-refractivity contribution is 0.102. The van der Waals surface area contributed by atoms with Crippen molar-refractivity contribution < 1.29 is 4.79 Å². The Morgan fingerprint density at radius 1 is 1.09 bits per heavy atom. The quantitative estimate of drug-likeness (QED) is 0.740. The SMILES string of the molecule is Cc1ccc2nc(NC(=O)c3ccc4c(c3)CCCC4)sc2c1. The highest BCUT2D eigenvalue weighted by Gasteiger charge is 2.14. The van der Waals surface area contributed by atoms with Gasteiger partial charge in [-0.25, -0.2) is 4.98 Å². The third kappa shape index (κ3) is 2.86. The zero-order valence-corrected chi connectivity index (χ0v) is 13.9. The summed E-state index contributed by atoms with van der Waals surface area (Å²) in [6.45, 7) is 2.06. The van der Waals surface area contributed by atoms with Crippen LogP contribution in [0, 0.1) is 6.92 Å². The van der Waals surface area contributed by atoms with E-state index in [1.165, 1.54) is 40.9 Å². The number of benzene rings is 2. The minimum absolute atomic E-state index is 0.0749. The number of anilines is 1. The van der Waals surface area contributed by atoms with Crippen LogP contribution in [-0.4, -0.2) is 10.9 Å². The normalized spacial score (nSPS) is 13.8. The topological polar surface area (TPSA) is 42.0 Å². The van der Waals surface area contributed by atoms with Crippen LogP contribution in [-0.2, 0) is 12.8 Å². The molecule has 0 saturated carbocycles. The summed E-state index contributed by atoms with van der Waals surface area (Å²) in [7, 11) is 0. The number of hydrogen-bond donors (Lipinski definition) is 1. The highest BCUT2D eigenvalue weighted by atomic mass is 32.1. The number of fused-ring (bicyclic) bond motifs is 2. The van der Waals surface area contributed by atoms with Crippen molar-refractivity contribution >= 4 is 32.6 Å². The number of aryl methyl sites for hydroxylation is 3. The molecule has 3 aromatic rings. The van der Waals surface area contributed by atoms with Crippen LogP contribution in [0.5, 0.6) is 0 Å². The summed E-state index contributed by atoms with van der Waals surface area (Å²) >= 11 is 1.52. The number of carbonyl (C=O) groups excluding carboxylic acids is 1. The Bertz CT molecular complexity index is 898. The molecule has 0 saturated heterocycles. The molecule has 0 unspecified atom stereocenters. The van der Waals surface area contributed by atoms with Crippen LogP contribution in [0.1, 0.15) is 39.9 Å². The molecule has 2 aromatic carbocycles. The first-order valence-electron chi connectivity index (χ1n) is 7.99. The van der Waals surface area contributed by atoms with Gasteiger partial charge in [-0.15, -0.1) is 0 Å². The summed E-state index contributed by atoms with van der Waals surface area (Å²) < 4.78 is 1.10. The molecule has 0 aliphatic heterocycles. The van der Waals surface area contributed by atoms with Gasteiger partial charge >= 0.3 is 0 Å². The molecule has 0 bridgehead atoms. The molecule has 0 radical (unpaired) electrons. The summed E-state index contributed by atoms with van der Waals surface area (Å²) in [6.07, 6.45) is 4.68. The van der Waals surface area contributed by atoms with Crippen LogP contribution in [0.25, 0.3) is 10.2 Å².